The maximum Gasteiger partial charge on any atom is 0.410 e. The molecule has 1 amide bonds. The molecule has 0 spiro atoms. The average molecular weight is 281 g/mol. The second-order valence-corrected chi connectivity index (χ2v) is 5.93. The van der Waals surface area contributed by atoms with Crippen molar-refractivity contribution in [2.75, 3.05) is 20.1 Å². The lowest BCUT2D eigenvalue weighted by atomic mass is 10.2. The van der Waals surface area contributed by atoms with Crippen LogP contribution in [0.4, 0.5) is 4.79 Å². The number of rotatable bonds is 6. The molecule has 0 aliphatic rings. The Morgan fingerprint density at radius 3 is 2.70 bits per heavy atom. The second-order valence-electron chi connectivity index (χ2n) is 5.93. The highest BCUT2D eigenvalue weighted by Crippen LogP contribution is 2.08. The molecule has 1 heterocycles. The van der Waals surface area contributed by atoms with E-state index in [1.54, 1.807) is 11.9 Å². The van der Waals surface area contributed by atoms with Gasteiger partial charge in [0.2, 0.25) is 0 Å². The Morgan fingerprint density at radius 1 is 1.45 bits per heavy atom. The maximum absolute atomic E-state index is 11.7. The van der Waals surface area contributed by atoms with Crippen LogP contribution in [0.1, 0.15) is 33.3 Å². The standard InChI is InChI=1S/C15H27N3O2/c1-6-18-9-7-13(12-18)11-16-8-10-17(5)14(19)20-15(2,3)4/h7,9,12,16H,6,8,10-11H2,1-5H3. The third-order valence-electron chi connectivity index (χ3n) is 2.84. The number of ether oxygens (including phenoxy) is 1. The van der Waals surface area contributed by atoms with Crippen molar-refractivity contribution < 1.29 is 9.53 Å². The minimum atomic E-state index is -0.443. The first-order valence-corrected chi connectivity index (χ1v) is 7.11. The summed E-state index contributed by atoms with van der Waals surface area (Å²) in [5, 5.41) is 3.32. The van der Waals surface area contributed by atoms with E-state index >= 15 is 0 Å². The first-order chi connectivity index (χ1) is 9.31. The highest BCUT2D eigenvalue weighted by molar-refractivity contribution is 5.67. The van der Waals surface area contributed by atoms with Gasteiger partial charge in [0.05, 0.1) is 0 Å². The number of carbonyl (C=O) groups excluding carboxylic acids is 1. The van der Waals surface area contributed by atoms with E-state index in [9.17, 15) is 4.79 Å². The molecule has 0 radical (unpaired) electrons. The third kappa shape index (κ3) is 6.10. The summed E-state index contributed by atoms with van der Waals surface area (Å²) < 4.78 is 7.43. The van der Waals surface area contributed by atoms with Crippen LogP contribution >= 0.6 is 0 Å². The molecule has 1 aromatic rings. The van der Waals surface area contributed by atoms with Crippen molar-refractivity contribution >= 4 is 6.09 Å². The molecule has 5 heteroatoms. The summed E-state index contributed by atoms with van der Waals surface area (Å²) in [7, 11) is 1.75. The summed E-state index contributed by atoms with van der Waals surface area (Å²) in [6, 6.07) is 2.11. The molecule has 0 aliphatic carbocycles. The molecule has 114 valence electrons. The molecule has 0 aromatic carbocycles. The van der Waals surface area contributed by atoms with Gasteiger partial charge in [0.25, 0.3) is 0 Å². The van der Waals surface area contributed by atoms with Gasteiger partial charge in [0.15, 0.2) is 0 Å². The van der Waals surface area contributed by atoms with Crippen LogP contribution < -0.4 is 5.32 Å². The maximum atomic E-state index is 11.7. The van der Waals surface area contributed by atoms with Crippen molar-refractivity contribution in [2.24, 2.45) is 0 Å². The zero-order chi connectivity index (χ0) is 15.2. The van der Waals surface area contributed by atoms with Crippen molar-refractivity contribution in [2.45, 2.75) is 46.4 Å². The van der Waals surface area contributed by atoms with E-state index < -0.39 is 5.60 Å². The van der Waals surface area contributed by atoms with Crippen molar-refractivity contribution in [1.29, 1.82) is 0 Å². The second kappa shape index (κ2) is 7.33. The van der Waals surface area contributed by atoms with Gasteiger partial charge in [0, 0.05) is 45.6 Å². The van der Waals surface area contributed by atoms with Gasteiger partial charge in [-0.1, -0.05) is 0 Å². The molecule has 0 saturated carbocycles. The number of aryl methyl sites for hydroxylation is 1. The van der Waals surface area contributed by atoms with Crippen LogP contribution in [0.5, 0.6) is 0 Å². The zero-order valence-corrected chi connectivity index (χ0v) is 13.3. The summed E-state index contributed by atoms with van der Waals surface area (Å²) in [5.74, 6) is 0. The molecule has 20 heavy (non-hydrogen) atoms. The van der Waals surface area contributed by atoms with Gasteiger partial charge in [0.1, 0.15) is 5.60 Å². The number of hydrogen-bond acceptors (Lipinski definition) is 3. The van der Waals surface area contributed by atoms with E-state index in [0.717, 1.165) is 19.6 Å². The van der Waals surface area contributed by atoms with Gasteiger partial charge in [-0.15, -0.1) is 0 Å². The number of nitrogens with one attached hydrogen (secondary N) is 1. The summed E-state index contributed by atoms with van der Waals surface area (Å²) in [5.41, 5.74) is 0.814. The predicted molar refractivity (Wildman–Crippen MR) is 80.7 cm³/mol. The smallest absolute Gasteiger partial charge is 0.410 e. The SMILES string of the molecule is CCn1ccc(CNCCN(C)C(=O)OC(C)(C)C)c1. The van der Waals surface area contributed by atoms with Crippen molar-refractivity contribution in [3.05, 3.63) is 24.0 Å². The van der Waals surface area contributed by atoms with Crippen LogP contribution in [0.3, 0.4) is 0 Å². The normalized spacial score (nSPS) is 11.4. The molecule has 1 N–H and O–H groups in total. The molecule has 1 rings (SSSR count). The fourth-order valence-corrected chi connectivity index (χ4v) is 1.70. The Morgan fingerprint density at radius 2 is 2.15 bits per heavy atom. The van der Waals surface area contributed by atoms with Gasteiger partial charge < -0.3 is 19.5 Å². The van der Waals surface area contributed by atoms with E-state index in [0.29, 0.717) is 6.54 Å². The molecule has 0 saturated heterocycles. The van der Waals surface area contributed by atoms with Gasteiger partial charge in [-0.25, -0.2) is 4.79 Å². The topological polar surface area (TPSA) is 46.5 Å². The minimum Gasteiger partial charge on any atom is -0.444 e. The third-order valence-corrected chi connectivity index (χ3v) is 2.84. The van der Waals surface area contributed by atoms with E-state index in [1.807, 2.05) is 20.8 Å². The molecule has 0 aliphatic heterocycles. The fourth-order valence-electron chi connectivity index (χ4n) is 1.70. The molecule has 0 fully saturated rings. The molecule has 5 nitrogen and oxygen atoms in total. The van der Waals surface area contributed by atoms with E-state index in [1.165, 1.54) is 5.56 Å². The Bertz CT molecular complexity index is 421. The highest BCUT2D eigenvalue weighted by Gasteiger charge is 2.18. The van der Waals surface area contributed by atoms with Crippen molar-refractivity contribution in [3.63, 3.8) is 0 Å². The van der Waals surface area contributed by atoms with Crippen LogP contribution in [-0.2, 0) is 17.8 Å². The first kappa shape index (κ1) is 16.6. The lowest BCUT2D eigenvalue weighted by Gasteiger charge is -2.24. The molecule has 1 aromatic heterocycles. The Kier molecular flexibility index (Phi) is 6.07. The predicted octanol–water partition coefficient (Wildman–Crippen LogP) is 2.46. The quantitative estimate of drug-likeness (QED) is 0.815. The molecular formula is C15H27N3O2. The number of hydrogen-bond donors (Lipinski definition) is 1. The monoisotopic (exact) mass is 281 g/mol. The Labute approximate surface area is 121 Å². The summed E-state index contributed by atoms with van der Waals surface area (Å²) in [6.07, 6.45) is 3.92. The fraction of sp³-hybridized carbons (Fsp3) is 0.667. The molecule has 0 unspecified atom stereocenters. The number of nitrogens with zero attached hydrogens (tertiary/aromatic N) is 2. The van der Waals surface area contributed by atoms with Crippen LogP contribution in [0.25, 0.3) is 0 Å². The number of amides is 1. The van der Waals surface area contributed by atoms with Gasteiger partial charge >= 0.3 is 6.09 Å². The summed E-state index contributed by atoms with van der Waals surface area (Å²) >= 11 is 0. The first-order valence-electron chi connectivity index (χ1n) is 7.11. The zero-order valence-electron chi connectivity index (χ0n) is 13.3. The lowest BCUT2D eigenvalue weighted by Crippen LogP contribution is -2.37. The Balaban J connectivity index is 2.21. The van der Waals surface area contributed by atoms with Gasteiger partial charge in [-0.2, -0.15) is 0 Å². The minimum absolute atomic E-state index is 0.281. The van der Waals surface area contributed by atoms with Gasteiger partial charge in [-0.3, -0.25) is 0 Å². The van der Waals surface area contributed by atoms with Crippen LogP contribution in [0.15, 0.2) is 18.5 Å². The lowest BCUT2D eigenvalue weighted by molar-refractivity contribution is 0.0300. The van der Waals surface area contributed by atoms with Crippen LogP contribution in [-0.4, -0.2) is 41.3 Å². The van der Waals surface area contributed by atoms with E-state index in [-0.39, 0.29) is 6.09 Å². The number of carbonyl (C=O) groups is 1. The molecule has 0 atom stereocenters. The number of likely N-dealkylation sites (N-methyl/N-ethyl adjacent to an activating group) is 1. The summed E-state index contributed by atoms with van der Waals surface area (Å²) in [6.45, 7) is 10.9. The summed E-state index contributed by atoms with van der Waals surface area (Å²) in [4.78, 5) is 13.3. The Hall–Kier alpha value is -1.49. The van der Waals surface area contributed by atoms with Gasteiger partial charge in [-0.05, 0) is 39.3 Å². The van der Waals surface area contributed by atoms with Crippen LogP contribution in [0, 0.1) is 0 Å². The molecular weight excluding hydrogens is 254 g/mol. The number of aromatic nitrogens is 1. The van der Waals surface area contributed by atoms with E-state index in [4.69, 9.17) is 4.74 Å². The van der Waals surface area contributed by atoms with Crippen molar-refractivity contribution in [3.8, 4) is 0 Å². The van der Waals surface area contributed by atoms with Crippen molar-refractivity contribution in [1.82, 2.24) is 14.8 Å². The largest absolute Gasteiger partial charge is 0.444 e. The van der Waals surface area contributed by atoms with E-state index in [2.05, 4.69) is 35.3 Å². The molecule has 0 bridgehead atoms. The average Bonchev–Trinajstić information content (AvgIpc) is 2.80. The van der Waals surface area contributed by atoms with Crippen LogP contribution in [0.2, 0.25) is 0 Å². The highest BCUT2D eigenvalue weighted by atomic mass is 16.6.